The zero-order valence-corrected chi connectivity index (χ0v) is 12.8. The first-order valence-electron chi connectivity index (χ1n) is 7.49. The summed E-state index contributed by atoms with van der Waals surface area (Å²) in [6.07, 6.45) is 1.69. The highest BCUT2D eigenvalue weighted by Gasteiger charge is 2.26. The number of hydrogen-bond donors (Lipinski definition) is 2. The van der Waals surface area contributed by atoms with Crippen LogP contribution in [0.2, 0.25) is 0 Å². The second-order valence-corrected chi connectivity index (χ2v) is 5.22. The summed E-state index contributed by atoms with van der Waals surface area (Å²) in [4.78, 5) is 12.7. The molecular weight excluding hydrogens is 280 g/mol. The van der Waals surface area contributed by atoms with E-state index in [2.05, 4.69) is 15.7 Å². The summed E-state index contributed by atoms with van der Waals surface area (Å²) < 4.78 is 7.52. The molecular formula is C16H20N4O2. The first kappa shape index (κ1) is 14.6. The standard InChI is InChI=1S/C16H20N4O2/c1-3-20-11(2)13(10-18-20)19-16(21)15-12-6-4-5-7-14(12)22-9-8-17-15/h4-7,10,15,17H,3,8-9H2,1-2H3,(H,19,21)/t15-/m1/s1. The summed E-state index contributed by atoms with van der Waals surface area (Å²) in [5, 5.41) is 10.4. The smallest absolute Gasteiger partial charge is 0.246 e. The van der Waals surface area contributed by atoms with Crippen LogP contribution in [0.1, 0.15) is 24.2 Å². The Hall–Kier alpha value is -2.34. The second-order valence-electron chi connectivity index (χ2n) is 5.22. The predicted molar refractivity (Wildman–Crippen MR) is 83.9 cm³/mol. The summed E-state index contributed by atoms with van der Waals surface area (Å²) in [5.41, 5.74) is 2.56. The minimum absolute atomic E-state index is 0.100. The zero-order chi connectivity index (χ0) is 15.5. The topological polar surface area (TPSA) is 68.2 Å². The maximum absolute atomic E-state index is 12.7. The van der Waals surface area contributed by atoms with Crippen molar-refractivity contribution in [1.82, 2.24) is 15.1 Å². The third kappa shape index (κ3) is 2.69. The molecule has 1 aromatic carbocycles. The summed E-state index contributed by atoms with van der Waals surface area (Å²) >= 11 is 0. The Labute approximate surface area is 129 Å². The third-order valence-electron chi connectivity index (χ3n) is 3.86. The van der Waals surface area contributed by atoms with Crippen LogP contribution in [0.3, 0.4) is 0 Å². The van der Waals surface area contributed by atoms with Crippen LogP contribution in [0.25, 0.3) is 0 Å². The Kier molecular flexibility index (Phi) is 4.11. The average Bonchev–Trinajstić information content (AvgIpc) is 2.75. The molecule has 6 nitrogen and oxygen atoms in total. The second kappa shape index (κ2) is 6.19. The van der Waals surface area contributed by atoms with E-state index >= 15 is 0 Å². The molecule has 116 valence electrons. The van der Waals surface area contributed by atoms with Gasteiger partial charge in [0, 0.05) is 18.7 Å². The van der Waals surface area contributed by atoms with Gasteiger partial charge in [-0.15, -0.1) is 0 Å². The van der Waals surface area contributed by atoms with Crippen molar-refractivity contribution in [2.24, 2.45) is 0 Å². The van der Waals surface area contributed by atoms with E-state index in [0.29, 0.717) is 13.2 Å². The molecule has 1 aliphatic heterocycles. The summed E-state index contributed by atoms with van der Waals surface area (Å²) in [7, 11) is 0. The van der Waals surface area contributed by atoms with E-state index in [1.54, 1.807) is 6.20 Å². The number of nitrogens with one attached hydrogen (secondary N) is 2. The van der Waals surface area contributed by atoms with E-state index in [-0.39, 0.29) is 5.91 Å². The molecule has 2 N–H and O–H groups in total. The van der Waals surface area contributed by atoms with Crippen LogP contribution < -0.4 is 15.4 Å². The fourth-order valence-corrected chi connectivity index (χ4v) is 2.65. The molecule has 1 aromatic heterocycles. The van der Waals surface area contributed by atoms with Crippen LogP contribution in [0.4, 0.5) is 5.69 Å². The number of fused-ring (bicyclic) bond motifs is 1. The minimum atomic E-state index is -0.428. The van der Waals surface area contributed by atoms with Crippen LogP contribution in [0, 0.1) is 6.92 Å². The average molecular weight is 300 g/mol. The third-order valence-corrected chi connectivity index (χ3v) is 3.86. The van der Waals surface area contributed by atoms with Gasteiger partial charge in [0.05, 0.1) is 17.6 Å². The van der Waals surface area contributed by atoms with Gasteiger partial charge in [0.15, 0.2) is 0 Å². The lowest BCUT2D eigenvalue weighted by Crippen LogP contribution is -2.33. The SMILES string of the molecule is CCn1ncc(NC(=O)[C@@H]2NCCOc3ccccc32)c1C. The number of ether oxygens (including phenoxy) is 1. The van der Waals surface area contributed by atoms with Gasteiger partial charge in [-0.25, -0.2) is 0 Å². The number of aryl methyl sites for hydroxylation is 1. The lowest BCUT2D eigenvalue weighted by atomic mass is 10.1. The highest BCUT2D eigenvalue weighted by Crippen LogP contribution is 2.28. The Morgan fingerprint density at radius 2 is 2.32 bits per heavy atom. The highest BCUT2D eigenvalue weighted by molar-refractivity contribution is 5.96. The zero-order valence-electron chi connectivity index (χ0n) is 12.8. The molecule has 0 saturated carbocycles. The number of amides is 1. The molecule has 1 aliphatic rings. The predicted octanol–water partition coefficient (Wildman–Crippen LogP) is 1.87. The van der Waals surface area contributed by atoms with Crippen molar-refractivity contribution in [2.45, 2.75) is 26.4 Å². The molecule has 3 rings (SSSR count). The van der Waals surface area contributed by atoms with Gasteiger partial charge < -0.3 is 10.1 Å². The number of anilines is 1. The Bertz CT molecular complexity index is 681. The van der Waals surface area contributed by atoms with Gasteiger partial charge in [0.25, 0.3) is 0 Å². The number of carbonyl (C=O) groups excluding carboxylic acids is 1. The molecule has 0 aliphatic carbocycles. The first-order valence-corrected chi connectivity index (χ1v) is 7.49. The van der Waals surface area contributed by atoms with Gasteiger partial charge in [-0.3, -0.25) is 14.8 Å². The molecule has 22 heavy (non-hydrogen) atoms. The van der Waals surface area contributed by atoms with Crippen molar-refractivity contribution in [3.05, 3.63) is 41.7 Å². The Balaban J connectivity index is 1.84. The summed E-state index contributed by atoms with van der Waals surface area (Å²) in [6.45, 7) is 5.92. The monoisotopic (exact) mass is 300 g/mol. The van der Waals surface area contributed by atoms with Crippen LogP contribution in [0.15, 0.2) is 30.5 Å². The van der Waals surface area contributed by atoms with E-state index in [4.69, 9.17) is 4.74 Å². The highest BCUT2D eigenvalue weighted by atomic mass is 16.5. The van der Waals surface area contributed by atoms with E-state index in [0.717, 1.165) is 29.2 Å². The molecule has 0 saturated heterocycles. The van der Waals surface area contributed by atoms with Gasteiger partial charge in [-0.1, -0.05) is 18.2 Å². The minimum Gasteiger partial charge on any atom is -0.492 e. The van der Waals surface area contributed by atoms with Gasteiger partial charge in [0.1, 0.15) is 18.4 Å². The van der Waals surface area contributed by atoms with Crippen molar-refractivity contribution in [3.63, 3.8) is 0 Å². The molecule has 0 fully saturated rings. The number of carbonyl (C=O) groups is 1. The van der Waals surface area contributed by atoms with Crippen molar-refractivity contribution < 1.29 is 9.53 Å². The van der Waals surface area contributed by atoms with Gasteiger partial charge >= 0.3 is 0 Å². The maximum atomic E-state index is 12.7. The fourth-order valence-electron chi connectivity index (χ4n) is 2.65. The lowest BCUT2D eigenvalue weighted by Gasteiger charge is -2.17. The Morgan fingerprint density at radius 3 is 3.09 bits per heavy atom. The van der Waals surface area contributed by atoms with Gasteiger partial charge in [-0.05, 0) is 19.9 Å². The normalized spacial score (nSPS) is 17.3. The molecule has 0 spiro atoms. The van der Waals surface area contributed by atoms with Crippen LogP contribution in [-0.2, 0) is 11.3 Å². The molecule has 6 heteroatoms. The van der Waals surface area contributed by atoms with E-state index < -0.39 is 6.04 Å². The van der Waals surface area contributed by atoms with Gasteiger partial charge in [-0.2, -0.15) is 5.10 Å². The van der Waals surface area contributed by atoms with Crippen molar-refractivity contribution in [1.29, 1.82) is 0 Å². The van der Waals surface area contributed by atoms with Crippen LogP contribution in [-0.4, -0.2) is 28.8 Å². The van der Waals surface area contributed by atoms with Crippen molar-refractivity contribution >= 4 is 11.6 Å². The summed E-state index contributed by atoms with van der Waals surface area (Å²) in [5.74, 6) is 0.658. The lowest BCUT2D eigenvalue weighted by molar-refractivity contribution is -0.118. The molecule has 0 unspecified atom stereocenters. The van der Waals surface area contributed by atoms with Crippen molar-refractivity contribution in [3.8, 4) is 5.75 Å². The molecule has 0 bridgehead atoms. The number of nitrogens with zero attached hydrogens (tertiary/aromatic N) is 2. The molecule has 1 atom stereocenters. The number of hydrogen-bond acceptors (Lipinski definition) is 4. The van der Waals surface area contributed by atoms with Crippen LogP contribution >= 0.6 is 0 Å². The van der Waals surface area contributed by atoms with E-state index in [1.807, 2.05) is 42.8 Å². The fraction of sp³-hybridized carbons (Fsp3) is 0.375. The number of benzene rings is 1. The molecule has 0 radical (unpaired) electrons. The first-order chi connectivity index (χ1) is 10.7. The van der Waals surface area contributed by atoms with Crippen molar-refractivity contribution in [2.75, 3.05) is 18.5 Å². The van der Waals surface area contributed by atoms with Crippen LogP contribution in [0.5, 0.6) is 5.75 Å². The number of aromatic nitrogens is 2. The van der Waals surface area contributed by atoms with E-state index in [9.17, 15) is 4.79 Å². The van der Waals surface area contributed by atoms with E-state index in [1.165, 1.54) is 0 Å². The molecule has 2 aromatic rings. The van der Waals surface area contributed by atoms with Gasteiger partial charge in [0.2, 0.25) is 5.91 Å². The quantitative estimate of drug-likeness (QED) is 0.908. The molecule has 2 heterocycles. The maximum Gasteiger partial charge on any atom is 0.246 e. The summed E-state index contributed by atoms with van der Waals surface area (Å²) in [6, 6.07) is 7.20. The molecule has 1 amide bonds. The largest absolute Gasteiger partial charge is 0.492 e. The number of rotatable bonds is 3. The Morgan fingerprint density at radius 1 is 1.50 bits per heavy atom. The number of para-hydroxylation sites is 1.